The molecule has 182 valence electrons. The maximum Gasteiger partial charge on any atom is 0.283 e. The van der Waals surface area contributed by atoms with Crippen LogP contribution in [0.2, 0.25) is 0 Å². The molecule has 0 radical (unpaired) electrons. The minimum Gasteiger partial charge on any atom is -0.457 e. The van der Waals surface area contributed by atoms with Crippen LogP contribution in [0.5, 0.6) is 11.5 Å². The standard InChI is InChI=1S/C29H20ClN3O4/c30-25-26(31-21-11-7-8-19(18-21)27(34)32-20-9-3-1-4-10-20)29(36)33(28(25)35)22-14-16-24(17-15-22)37-23-12-5-2-6-13-23/h1-18,31H,(H,32,34). The molecule has 0 fully saturated rings. The third-order valence-corrected chi connectivity index (χ3v) is 5.88. The number of ether oxygens (including phenoxy) is 1. The summed E-state index contributed by atoms with van der Waals surface area (Å²) in [6, 6.07) is 31.4. The minimum atomic E-state index is -0.649. The van der Waals surface area contributed by atoms with E-state index in [0.29, 0.717) is 34.1 Å². The lowest BCUT2D eigenvalue weighted by atomic mass is 10.1. The number of hydrogen-bond acceptors (Lipinski definition) is 5. The lowest BCUT2D eigenvalue weighted by molar-refractivity contribution is -0.120. The fraction of sp³-hybridized carbons (Fsp3) is 0. The first-order valence-corrected chi connectivity index (χ1v) is 11.7. The van der Waals surface area contributed by atoms with Crippen LogP contribution in [0.25, 0.3) is 0 Å². The Hall–Kier alpha value is -4.88. The van der Waals surface area contributed by atoms with Gasteiger partial charge in [-0.1, -0.05) is 54.1 Å². The Labute approximate surface area is 217 Å². The smallest absolute Gasteiger partial charge is 0.283 e. The van der Waals surface area contributed by atoms with Crippen LogP contribution in [0.4, 0.5) is 17.1 Å². The molecule has 2 N–H and O–H groups in total. The highest BCUT2D eigenvalue weighted by Crippen LogP contribution is 2.32. The van der Waals surface area contributed by atoms with Gasteiger partial charge in [-0.3, -0.25) is 14.4 Å². The van der Waals surface area contributed by atoms with Crippen LogP contribution in [0.1, 0.15) is 10.4 Å². The molecule has 0 spiro atoms. The fourth-order valence-corrected chi connectivity index (χ4v) is 3.95. The number of amides is 3. The molecule has 4 aromatic carbocycles. The van der Waals surface area contributed by atoms with E-state index in [4.69, 9.17) is 16.3 Å². The van der Waals surface area contributed by atoms with E-state index in [1.165, 1.54) is 0 Å². The number of halogens is 1. The van der Waals surface area contributed by atoms with E-state index in [0.717, 1.165) is 4.90 Å². The third kappa shape index (κ3) is 5.22. The van der Waals surface area contributed by atoms with Crippen molar-refractivity contribution in [2.45, 2.75) is 0 Å². The average molecular weight is 510 g/mol. The number of hydrogen-bond donors (Lipinski definition) is 2. The second-order valence-electron chi connectivity index (χ2n) is 8.07. The number of carbonyl (C=O) groups excluding carboxylic acids is 3. The van der Waals surface area contributed by atoms with Gasteiger partial charge >= 0.3 is 0 Å². The van der Waals surface area contributed by atoms with Crippen molar-refractivity contribution in [3.63, 3.8) is 0 Å². The number of nitrogens with one attached hydrogen (secondary N) is 2. The summed E-state index contributed by atoms with van der Waals surface area (Å²) in [5.41, 5.74) is 1.74. The molecule has 0 saturated carbocycles. The second kappa shape index (κ2) is 10.4. The van der Waals surface area contributed by atoms with Gasteiger partial charge in [0.15, 0.2) is 0 Å². The van der Waals surface area contributed by atoms with Crippen molar-refractivity contribution in [1.82, 2.24) is 0 Å². The predicted molar refractivity (Wildman–Crippen MR) is 143 cm³/mol. The van der Waals surface area contributed by atoms with Gasteiger partial charge in [0.1, 0.15) is 22.2 Å². The van der Waals surface area contributed by atoms with Gasteiger partial charge in [0.05, 0.1) is 5.69 Å². The maximum absolute atomic E-state index is 13.2. The van der Waals surface area contributed by atoms with Gasteiger partial charge in [0.25, 0.3) is 17.7 Å². The molecule has 0 aromatic heterocycles. The minimum absolute atomic E-state index is 0.0723. The molecule has 0 bridgehead atoms. The molecule has 8 heteroatoms. The van der Waals surface area contributed by atoms with E-state index >= 15 is 0 Å². The largest absolute Gasteiger partial charge is 0.457 e. The lowest BCUT2D eigenvalue weighted by Crippen LogP contribution is -2.32. The first-order valence-electron chi connectivity index (χ1n) is 11.3. The van der Waals surface area contributed by atoms with Crippen LogP contribution in [-0.4, -0.2) is 17.7 Å². The third-order valence-electron chi connectivity index (χ3n) is 5.53. The van der Waals surface area contributed by atoms with Crippen LogP contribution < -0.4 is 20.3 Å². The topological polar surface area (TPSA) is 87.7 Å². The summed E-state index contributed by atoms with van der Waals surface area (Å²) in [4.78, 5) is 39.6. The highest BCUT2D eigenvalue weighted by atomic mass is 35.5. The van der Waals surface area contributed by atoms with Crippen LogP contribution in [0.15, 0.2) is 120 Å². The summed E-state index contributed by atoms with van der Waals surface area (Å²) in [5, 5.41) is 5.47. The molecule has 5 rings (SSSR count). The second-order valence-corrected chi connectivity index (χ2v) is 8.45. The van der Waals surface area contributed by atoms with Crippen LogP contribution in [0.3, 0.4) is 0 Å². The predicted octanol–water partition coefficient (Wildman–Crippen LogP) is 6.17. The van der Waals surface area contributed by atoms with E-state index in [2.05, 4.69) is 10.6 Å². The quantitative estimate of drug-likeness (QED) is 0.291. The Balaban J connectivity index is 1.30. The number of para-hydroxylation sites is 2. The molecule has 1 heterocycles. The van der Waals surface area contributed by atoms with Gasteiger partial charge in [0.2, 0.25) is 0 Å². The Morgan fingerprint density at radius 3 is 2.03 bits per heavy atom. The molecule has 0 aliphatic carbocycles. The molecule has 0 unspecified atom stereocenters. The molecule has 4 aromatic rings. The van der Waals surface area contributed by atoms with Gasteiger partial charge < -0.3 is 15.4 Å². The van der Waals surface area contributed by atoms with Crippen LogP contribution in [-0.2, 0) is 9.59 Å². The molecule has 0 atom stereocenters. The molecular weight excluding hydrogens is 490 g/mol. The highest BCUT2D eigenvalue weighted by molar-refractivity contribution is 6.53. The molecular formula is C29H20ClN3O4. The van der Waals surface area contributed by atoms with Crippen LogP contribution in [0, 0.1) is 0 Å². The first kappa shape index (κ1) is 23.8. The molecule has 7 nitrogen and oxygen atoms in total. The summed E-state index contributed by atoms with van der Waals surface area (Å²) in [7, 11) is 0. The van der Waals surface area contributed by atoms with Crippen molar-refractivity contribution in [3.8, 4) is 11.5 Å². The molecule has 0 saturated heterocycles. The molecule has 1 aliphatic heterocycles. The van der Waals surface area contributed by atoms with E-state index in [1.807, 2.05) is 48.5 Å². The molecule has 1 aliphatic rings. The van der Waals surface area contributed by atoms with Crippen molar-refractivity contribution in [1.29, 1.82) is 0 Å². The monoisotopic (exact) mass is 509 g/mol. The van der Waals surface area contributed by atoms with Crippen molar-refractivity contribution in [3.05, 3.63) is 125 Å². The highest BCUT2D eigenvalue weighted by Gasteiger charge is 2.39. The Morgan fingerprint density at radius 1 is 0.703 bits per heavy atom. The van der Waals surface area contributed by atoms with Crippen LogP contribution >= 0.6 is 11.6 Å². The average Bonchev–Trinajstić information content (AvgIpc) is 3.13. The van der Waals surface area contributed by atoms with E-state index in [9.17, 15) is 14.4 Å². The Kier molecular flexibility index (Phi) is 6.70. The van der Waals surface area contributed by atoms with Gasteiger partial charge in [-0.2, -0.15) is 0 Å². The van der Waals surface area contributed by atoms with Crippen molar-refractivity contribution >= 4 is 46.4 Å². The lowest BCUT2D eigenvalue weighted by Gasteiger charge is -2.16. The van der Waals surface area contributed by atoms with Gasteiger partial charge in [0, 0.05) is 16.9 Å². The number of carbonyl (C=O) groups is 3. The number of benzene rings is 4. The summed E-state index contributed by atoms with van der Waals surface area (Å²) in [6.07, 6.45) is 0. The van der Waals surface area contributed by atoms with E-state index in [-0.39, 0.29) is 16.6 Å². The van der Waals surface area contributed by atoms with Crippen molar-refractivity contribution in [2.24, 2.45) is 0 Å². The Bertz CT molecular complexity index is 1500. The number of rotatable bonds is 7. The zero-order chi connectivity index (χ0) is 25.8. The molecule has 3 amide bonds. The van der Waals surface area contributed by atoms with Gasteiger partial charge in [-0.15, -0.1) is 0 Å². The maximum atomic E-state index is 13.2. The van der Waals surface area contributed by atoms with E-state index < -0.39 is 11.8 Å². The first-order chi connectivity index (χ1) is 18.0. The summed E-state index contributed by atoms with van der Waals surface area (Å²) in [5.74, 6) is -0.352. The number of anilines is 3. The van der Waals surface area contributed by atoms with Crippen molar-refractivity contribution < 1.29 is 19.1 Å². The van der Waals surface area contributed by atoms with Crippen molar-refractivity contribution in [2.75, 3.05) is 15.5 Å². The SMILES string of the molecule is O=C(Nc1ccccc1)c1cccc(NC2=C(Cl)C(=O)N(c3ccc(Oc4ccccc4)cc3)C2=O)c1. The number of nitrogens with zero attached hydrogens (tertiary/aromatic N) is 1. The fourth-order valence-electron chi connectivity index (χ4n) is 3.74. The number of imide groups is 1. The van der Waals surface area contributed by atoms with Gasteiger partial charge in [-0.05, 0) is 66.7 Å². The zero-order valence-corrected chi connectivity index (χ0v) is 20.1. The molecule has 37 heavy (non-hydrogen) atoms. The summed E-state index contributed by atoms with van der Waals surface area (Å²) in [6.45, 7) is 0. The summed E-state index contributed by atoms with van der Waals surface area (Å²) >= 11 is 6.27. The zero-order valence-electron chi connectivity index (χ0n) is 19.4. The normalized spacial score (nSPS) is 13.1. The summed E-state index contributed by atoms with van der Waals surface area (Å²) < 4.78 is 5.77. The van der Waals surface area contributed by atoms with E-state index in [1.54, 1.807) is 60.7 Å². The Morgan fingerprint density at radius 2 is 1.32 bits per heavy atom. The van der Waals surface area contributed by atoms with Gasteiger partial charge in [-0.25, -0.2) is 4.90 Å².